The summed E-state index contributed by atoms with van der Waals surface area (Å²) in [5.41, 5.74) is 0. The third kappa shape index (κ3) is 4.18. The second-order valence-corrected chi connectivity index (χ2v) is 8.40. The fraction of sp³-hybridized carbons (Fsp3) is 0.474. The summed E-state index contributed by atoms with van der Waals surface area (Å²) in [4.78, 5) is 19.0. The van der Waals surface area contributed by atoms with Gasteiger partial charge in [-0.05, 0) is 44.1 Å². The van der Waals surface area contributed by atoms with Gasteiger partial charge in [0.15, 0.2) is 15.7 Å². The molecule has 1 saturated heterocycles. The SMILES string of the molecule is CCn1c(C2CCN(C(=O)c3ccc(CSc4nccn4C)o3)CC2)n[nH]c1=S. The van der Waals surface area contributed by atoms with Crippen molar-refractivity contribution in [1.82, 2.24) is 29.2 Å². The van der Waals surface area contributed by atoms with Crippen molar-refractivity contribution >= 4 is 29.9 Å². The molecule has 29 heavy (non-hydrogen) atoms. The van der Waals surface area contributed by atoms with Crippen molar-refractivity contribution in [2.24, 2.45) is 7.05 Å². The number of piperidine rings is 1. The highest BCUT2D eigenvalue weighted by Gasteiger charge is 2.28. The number of aromatic nitrogens is 5. The summed E-state index contributed by atoms with van der Waals surface area (Å²) in [6.45, 7) is 4.24. The Kier molecular flexibility index (Phi) is 5.91. The Morgan fingerprint density at radius 2 is 2.17 bits per heavy atom. The van der Waals surface area contributed by atoms with E-state index in [-0.39, 0.29) is 5.91 Å². The smallest absolute Gasteiger partial charge is 0.289 e. The Morgan fingerprint density at radius 3 is 2.86 bits per heavy atom. The van der Waals surface area contributed by atoms with Gasteiger partial charge in [-0.25, -0.2) is 4.98 Å². The summed E-state index contributed by atoms with van der Waals surface area (Å²) in [7, 11) is 1.95. The number of amides is 1. The van der Waals surface area contributed by atoms with E-state index in [1.54, 1.807) is 24.0 Å². The minimum atomic E-state index is -0.0500. The molecule has 1 aliphatic heterocycles. The predicted molar refractivity (Wildman–Crippen MR) is 112 cm³/mol. The zero-order valence-electron chi connectivity index (χ0n) is 16.5. The average Bonchev–Trinajstić information content (AvgIpc) is 3.46. The van der Waals surface area contributed by atoms with Crippen molar-refractivity contribution in [2.45, 2.75) is 43.1 Å². The molecule has 8 nitrogen and oxygen atoms in total. The number of H-pyrrole nitrogens is 1. The number of nitrogens with zero attached hydrogens (tertiary/aromatic N) is 5. The van der Waals surface area contributed by atoms with Gasteiger partial charge in [0.1, 0.15) is 11.6 Å². The number of likely N-dealkylation sites (tertiary alicyclic amines) is 1. The lowest BCUT2D eigenvalue weighted by Crippen LogP contribution is -2.38. The minimum absolute atomic E-state index is 0.0500. The largest absolute Gasteiger partial charge is 0.455 e. The number of hydrogen-bond acceptors (Lipinski definition) is 6. The highest BCUT2D eigenvalue weighted by atomic mass is 32.2. The standard InChI is InChI=1S/C19H24N6O2S2/c1-3-25-16(21-22-18(25)28)13-6-9-24(10-7-13)17(26)15-5-4-14(27-15)12-29-19-20-8-11-23(19)2/h4-5,8,11,13H,3,6-7,9-10,12H2,1-2H3,(H,22,28). The summed E-state index contributed by atoms with van der Waals surface area (Å²) < 4.78 is 10.5. The second-order valence-electron chi connectivity index (χ2n) is 7.07. The van der Waals surface area contributed by atoms with Gasteiger partial charge in [-0.15, -0.1) is 0 Å². The first-order valence-corrected chi connectivity index (χ1v) is 11.1. The van der Waals surface area contributed by atoms with Crippen molar-refractivity contribution in [3.05, 3.63) is 46.6 Å². The van der Waals surface area contributed by atoms with Crippen molar-refractivity contribution in [2.75, 3.05) is 13.1 Å². The van der Waals surface area contributed by atoms with E-state index in [1.807, 2.05) is 33.3 Å². The molecule has 1 aliphatic rings. The molecule has 0 radical (unpaired) electrons. The second kappa shape index (κ2) is 8.58. The van der Waals surface area contributed by atoms with Gasteiger partial charge in [-0.1, -0.05) is 11.8 Å². The van der Waals surface area contributed by atoms with E-state index in [1.165, 1.54) is 0 Å². The molecule has 0 spiro atoms. The number of nitrogens with one attached hydrogen (secondary N) is 1. The molecule has 1 N–H and O–H groups in total. The molecule has 1 fully saturated rings. The van der Waals surface area contributed by atoms with Crippen LogP contribution in [0, 0.1) is 4.77 Å². The summed E-state index contributed by atoms with van der Waals surface area (Å²) in [5, 5.41) is 8.21. The number of rotatable bonds is 6. The molecule has 4 heterocycles. The molecule has 0 aromatic carbocycles. The van der Waals surface area contributed by atoms with Crippen LogP contribution in [-0.4, -0.2) is 48.2 Å². The van der Waals surface area contributed by atoms with Crippen molar-refractivity contribution < 1.29 is 9.21 Å². The molecule has 0 unspecified atom stereocenters. The normalized spacial score (nSPS) is 15.2. The fourth-order valence-electron chi connectivity index (χ4n) is 3.64. The van der Waals surface area contributed by atoms with Crippen molar-refractivity contribution in [3.63, 3.8) is 0 Å². The molecule has 1 amide bonds. The summed E-state index contributed by atoms with van der Waals surface area (Å²) in [6.07, 6.45) is 5.41. The Hall–Kier alpha value is -2.33. The Bertz CT molecular complexity index is 1040. The van der Waals surface area contributed by atoms with E-state index in [4.69, 9.17) is 16.6 Å². The predicted octanol–water partition coefficient (Wildman–Crippen LogP) is 3.60. The average molecular weight is 433 g/mol. The maximum absolute atomic E-state index is 12.8. The van der Waals surface area contributed by atoms with Crippen LogP contribution in [0.3, 0.4) is 0 Å². The molecular formula is C19H24N6O2S2. The van der Waals surface area contributed by atoms with Crippen LogP contribution in [0.25, 0.3) is 0 Å². The maximum Gasteiger partial charge on any atom is 0.289 e. The lowest BCUT2D eigenvalue weighted by atomic mass is 9.95. The van der Waals surface area contributed by atoms with Gasteiger partial charge in [0.2, 0.25) is 0 Å². The zero-order valence-corrected chi connectivity index (χ0v) is 18.1. The van der Waals surface area contributed by atoms with Crippen LogP contribution < -0.4 is 0 Å². The van der Waals surface area contributed by atoms with Gasteiger partial charge in [-0.2, -0.15) is 5.10 Å². The maximum atomic E-state index is 12.8. The van der Waals surface area contributed by atoms with E-state index < -0.39 is 0 Å². The summed E-state index contributed by atoms with van der Waals surface area (Å²) in [5.74, 6) is 3.07. The van der Waals surface area contributed by atoms with E-state index in [9.17, 15) is 4.79 Å². The Morgan fingerprint density at radius 1 is 1.38 bits per heavy atom. The molecule has 3 aromatic rings. The topological polar surface area (TPSA) is 84.9 Å². The van der Waals surface area contributed by atoms with Crippen LogP contribution in [0.15, 0.2) is 34.1 Å². The molecule has 3 aromatic heterocycles. The van der Waals surface area contributed by atoms with Crippen LogP contribution in [0.1, 0.15) is 47.8 Å². The summed E-state index contributed by atoms with van der Waals surface area (Å²) in [6, 6.07) is 3.64. The molecule has 0 saturated carbocycles. The van der Waals surface area contributed by atoms with Crippen LogP contribution >= 0.6 is 24.0 Å². The molecule has 0 aliphatic carbocycles. The number of furan rings is 1. The quantitative estimate of drug-likeness (QED) is 0.473. The van der Waals surface area contributed by atoms with E-state index in [0.717, 1.165) is 36.1 Å². The van der Waals surface area contributed by atoms with Crippen molar-refractivity contribution in [1.29, 1.82) is 0 Å². The Balaban J connectivity index is 1.34. The van der Waals surface area contributed by atoms with E-state index in [0.29, 0.717) is 35.3 Å². The van der Waals surface area contributed by atoms with Crippen LogP contribution in [-0.2, 0) is 19.3 Å². The third-order valence-corrected chi connectivity index (χ3v) is 6.64. The van der Waals surface area contributed by atoms with E-state index >= 15 is 0 Å². The molecule has 0 bridgehead atoms. The number of aryl methyl sites for hydroxylation is 1. The van der Waals surface area contributed by atoms with Gasteiger partial charge < -0.3 is 18.5 Å². The molecule has 10 heteroatoms. The van der Waals surface area contributed by atoms with E-state index in [2.05, 4.69) is 22.1 Å². The Labute approximate surface area is 178 Å². The van der Waals surface area contributed by atoms with Gasteiger partial charge in [0.05, 0.1) is 5.75 Å². The van der Waals surface area contributed by atoms with Crippen LogP contribution in [0.4, 0.5) is 0 Å². The molecular weight excluding hydrogens is 408 g/mol. The van der Waals surface area contributed by atoms with Crippen LogP contribution in [0.2, 0.25) is 0 Å². The van der Waals surface area contributed by atoms with Gasteiger partial charge in [0.25, 0.3) is 5.91 Å². The molecule has 154 valence electrons. The van der Waals surface area contributed by atoms with Crippen molar-refractivity contribution in [3.8, 4) is 0 Å². The monoisotopic (exact) mass is 432 g/mol. The third-order valence-electron chi connectivity index (χ3n) is 5.24. The van der Waals surface area contributed by atoms with Gasteiger partial charge in [-0.3, -0.25) is 9.89 Å². The first-order valence-electron chi connectivity index (χ1n) is 9.70. The zero-order chi connectivity index (χ0) is 20.4. The lowest BCUT2D eigenvalue weighted by molar-refractivity contribution is 0.0676. The summed E-state index contributed by atoms with van der Waals surface area (Å²) >= 11 is 6.87. The molecule has 0 atom stereocenters. The fourth-order valence-corrected chi connectivity index (χ4v) is 4.74. The number of carbonyl (C=O) groups is 1. The first kappa shape index (κ1) is 20.0. The lowest BCUT2D eigenvalue weighted by Gasteiger charge is -2.31. The highest BCUT2D eigenvalue weighted by molar-refractivity contribution is 7.98. The van der Waals surface area contributed by atoms with Gasteiger partial charge >= 0.3 is 0 Å². The van der Waals surface area contributed by atoms with Crippen LogP contribution in [0.5, 0.6) is 0 Å². The number of carbonyl (C=O) groups excluding carboxylic acids is 1. The minimum Gasteiger partial charge on any atom is -0.455 e. The first-order chi connectivity index (χ1) is 14.1. The number of hydrogen-bond donors (Lipinski definition) is 1. The highest BCUT2D eigenvalue weighted by Crippen LogP contribution is 2.28. The molecule has 4 rings (SSSR count). The number of imidazole rings is 1. The number of aromatic amines is 1. The number of thioether (sulfide) groups is 1. The van der Waals surface area contributed by atoms with Gasteiger partial charge in [0, 0.05) is 45.0 Å².